The molecule has 2 heterocycles. The van der Waals surface area contributed by atoms with Crippen LogP contribution in [-0.2, 0) is 16.6 Å². The fourth-order valence-electron chi connectivity index (χ4n) is 2.36. The van der Waals surface area contributed by atoms with E-state index < -0.39 is 0 Å². The molecular formula is C16H17N3O2. The molecule has 3 rings (SSSR count). The zero-order valence-corrected chi connectivity index (χ0v) is 12.3. The maximum absolute atomic E-state index is 11.9. The Kier molecular flexibility index (Phi) is 3.25. The smallest absolute Gasteiger partial charge is 0.277 e. The van der Waals surface area contributed by atoms with E-state index in [-0.39, 0.29) is 12.0 Å². The Labute approximate surface area is 122 Å². The molecule has 1 N–H and O–H groups in total. The number of nitrogens with zero attached hydrogens (tertiary/aromatic N) is 2. The summed E-state index contributed by atoms with van der Waals surface area (Å²) in [5, 5.41) is 5.07. The lowest BCUT2D eigenvalue weighted by Gasteiger charge is -2.08. The zero-order chi connectivity index (χ0) is 15.0. The van der Waals surface area contributed by atoms with E-state index in [4.69, 9.17) is 4.74 Å². The van der Waals surface area contributed by atoms with Crippen molar-refractivity contribution in [2.45, 2.75) is 20.0 Å². The SMILES string of the molecule is CC(C)OC1=NNC(=O)/C1=C/c1cc2ccccc2n1C. The van der Waals surface area contributed by atoms with Crippen LogP contribution >= 0.6 is 0 Å². The molecule has 0 aliphatic carbocycles. The number of ether oxygens (including phenoxy) is 1. The number of benzene rings is 1. The van der Waals surface area contributed by atoms with E-state index in [2.05, 4.69) is 10.5 Å². The highest BCUT2D eigenvalue weighted by Crippen LogP contribution is 2.22. The van der Waals surface area contributed by atoms with Gasteiger partial charge in [0, 0.05) is 23.6 Å². The van der Waals surface area contributed by atoms with E-state index in [1.807, 2.05) is 61.9 Å². The van der Waals surface area contributed by atoms with Crippen LogP contribution in [0.4, 0.5) is 0 Å². The first-order valence-corrected chi connectivity index (χ1v) is 6.87. The van der Waals surface area contributed by atoms with Crippen LogP contribution in [0.5, 0.6) is 0 Å². The third kappa shape index (κ3) is 2.42. The molecule has 1 aromatic carbocycles. The third-order valence-electron chi connectivity index (χ3n) is 3.36. The fourth-order valence-corrected chi connectivity index (χ4v) is 2.36. The fraction of sp³-hybridized carbons (Fsp3) is 0.250. The second-order valence-electron chi connectivity index (χ2n) is 5.27. The highest BCUT2D eigenvalue weighted by atomic mass is 16.5. The van der Waals surface area contributed by atoms with Gasteiger partial charge in [-0.1, -0.05) is 18.2 Å². The molecule has 0 saturated carbocycles. The van der Waals surface area contributed by atoms with Gasteiger partial charge in [-0.3, -0.25) is 4.79 Å². The predicted molar refractivity (Wildman–Crippen MR) is 82.7 cm³/mol. The van der Waals surface area contributed by atoms with Crippen molar-refractivity contribution >= 4 is 28.8 Å². The van der Waals surface area contributed by atoms with Crippen molar-refractivity contribution in [1.29, 1.82) is 0 Å². The van der Waals surface area contributed by atoms with Crippen LogP contribution in [0.25, 0.3) is 17.0 Å². The summed E-state index contributed by atoms with van der Waals surface area (Å²) >= 11 is 0. The minimum absolute atomic E-state index is 0.0349. The standard InChI is InChI=1S/C16H17N3O2/c1-10(2)21-16-13(15(20)17-18-16)9-12-8-11-6-4-5-7-14(11)19(12)3/h4-10H,1-3H3,(H,17,20)/b13-9-. The summed E-state index contributed by atoms with van der Waals surface area (Å²) in [6, 6.07) is 10.1. The number of aryl methyl sites for hydroxylation is 1. The maximum atomic E-state index is 11.9. The van der Waals surface area contributed by atoms with Crippen LogP contribution in [0.1, 0.15) is 19.5 Å². The van der Waals surface area contributed by atoms with E-state index in [1.54, 1.807) is 0 Å². The van der Waals surface area contributed by atoms with Crippen molar-refractivity contribution in [3.05, 3.63) is 41.6 Å². The zero-order valence-electron chi connectivity index (χ0n) is 12.3. The molecule has 0 unspecified atom stereocenters. The van der Waals surface area contributed by atoms with E-state index >= 15 is 0 Å². The Morgan fingerprint density at radius 2 is 2.10 bits per heavy atom. The molecule has 2 aromatic rings. The van der Waals surface area contributed by atoms with Crippen molar-refractivity contribution < 1.29 is 9.53 Å². The van der Waals surface area contributed by atoms with Gasteiger partial charge >= 0.3 is 0 Å². The summed E-state index contributed by atoms with van der Waals surface area (Å²) in [5.74, 6) is 0.108. The molecule has 0 fully saturated rings. The molecule has 0 saturated heterocycles. The largest absolute Gasteiger partial charge is 0.473 e. The first-order valence-electron chi connectivity index (χ1n) is 6.87. The molecular weight excluding hydrogens is 266 g/mol. The molecule has 108 valence electrons. The predicted octanol–water partition coefficient (Wildman–Crippen LogP) is 2.43. The average Bonchev–Trinajstić information content (AvgIpc) is 2.94. The molecule has 1 amide bonds. The normalized spacial score (nSPS) is 16.7. The molecule has 5 heteroatoms. The minimum Gasteiger partial charge on any atom is -0.473 e. The lowest BCUT2D eigenvalue weighted by Crippen LogP contribution is -2.16. The number of nitrogens with one attached hydrogen (secondary N) is 1. The van der Waals surface area contributed by atoms with Crippen LogP contribution in [0.3, 0.4) is 0 Å². The first-order chi connectivity index (χ1) is 10.1. The molecule has 0 bridgehead atoms. The van der Waals surface area contributed by atoms with Crippen LogP contribution in [-0.4, -0.2) is 22.5 Å². The Bertz CT molecular complexity index is 769. The summed E-state index contributed by atoms with van der Waals surface area (Å²) in [5.41, 5.74) is 4.95. The number of fused-ring (bicyclic) bond motifs is 1. The number of carbonyl (C=O) groups is 1. The summed E-state index contributed by atoms with van der Waals surface area (Å²) in [6.07, 6.45) is 1.77. The number of hydrogen-bond acceptors (Lipinski definition) is 3. The lowest BCUT2D eigenvalue weighted by molar-refractivity contribution is -0.116. The van der Waals surface area contributed by atoms with Gasteiger partial charge in [-0.25, -0.2) is 5.43 Å². The van der Waals surface area contributed by atoms with Gasteiger partial charge in [-0.15, -0.1) is 5.10 Å². The second kappa shape index (κ2) is 5.09. The topological polar surface area (TPSA) is 55.6 Å². The van der Waals surface area contributed by atoms with Gasteiger partial charge in [0.25, 0.3) is 5.91 Å². The number of rotatable bonds is 2. The van der Waals surface area contributed by atoms with Gasteiger partial charge in [-0.05, 0) is 32.1 Å². The number of hydrogen-bond donors (Lipinski definition) is 1. The van der Waals surface area contributed by atoms with Crippen LogP contribution in [0.15, 0.2) is 41.0 Å². The van der Waals surface area contributed by atoms with E-state index in [0.29, 0.717) is 11.5 Å². The first kappa shape index (κ1) is 13.4. The molecule has 1 aliphatic rings. The Morgan fingerprint density at radius 3 is 2.81 bits per heavy atom. The quantitative estimate of drug-likeness (QED) is 0.861. The van der Waals surface area contributed by atoms with Crippen LogP contribution in [0.2, 0.25) is 0 Å². The third-order valence-corrected chi connectivity index (χ3v) is 3.36. The molecule has 21 heavy (non-hydrogen) atoms. The minimum atomic E-state index is -0.240. The number of carbonyl (C=O) groups excluding carboxylic acids is 1. The highest BCUT2D eigenvalue weighted by Gasteiger charge is 2.25. The molecule has 0 radical (unpaired) electrons. The number of aromatic nitrogens is 1. The van der Waals surface area contributed by atoms with Gasteiger partial charge in [-0.2, -0.15) is 0 Å². The van der Waals surface area contributed by atoms with E-state index in [9.17, 15) is 4.79 Å². The number of para-hydroxylation sites is 1. The molecule has 1 aliphatic heterocycles. The molecule has 0 atom stereocenters. The van der Waals surface area contributed by atoms with Gasteiger partial charge in [0.05, 0.1) is 6.10 Å². The Hall–Kier alpha value is -2.56. The summed E-state index contributed by atoms with van der Waals surface area (Å²) in [6.45, 7) is 3.81. The van der Waals surface area contributed by atoms with Gasteiger partial charge in [0.1, 0.15) is 5.57 Å². The van der Waals surface area contributed by atoms with Crippen molar-refractivity contribution in [2.75, 3.05) is 0 Å². The maximum Gasteiger partial charge on any atom is 0.277 e. The van der Waals surface area contributed by atoms with Crippen molar-refractivity contribution in [1.82, 2.24) is 9.99 Å². The number of amides is 1. The van der Waals surface area contributed by atoms with Gasteiger partial charge in [0.2, 0.25) is 5.90 Å². The molecule has 0 spiro atoms. The monoisotopic (exact) mass is 283 g/mol. The Balaban J connectivity index is 2.04. The second-order valence-corrected chi connectivity index (χ2v) is 5.27. The van der Waals surface area contributed by atoms with Crippen LogP contribution < -0.4 is 5.43 Å². The summed E-state index contributed by atoms with van der Waals surface area (Å²) < 4.78 is 7.61. The summed E-state index contributed by atoms with van der Waals surface area (Å²) in [4.78, 5) is 11.9. The van der Waals surface area contributed by atoms with Crippen LogP contribution in [0, 0.1) is 0 Å². The van der Waals surface area contributed by atoms with Crippen molar-refractivity contribution in [2.24, 2.45) is 12.1 Å². The van der Waals surface area contributed by atoms with E-state index in [1.165, 1.54) is 0 Å². The Morgan fingerprint density at radius 1 is 1.33 bits per heavy atom. The highest BCUT2D eigenvalue weighted by molar-refractivity contribution is 6.24. The van der Waals surface area contributed by atoms with E-state index in [0.717, 1.165) is 16.6 Å². The van der Waals surface area contributed by atoms with Crippen molar-refractivity contribution in [3.8, 4) is 0 Å². The van der Waals surface area contributed by atoms with Crippen molar-refractivity contribution in [3.63, 3.8) is 0 Å². The molecule has 5 nitrogen and oxygen atoms in total. The van der Waals surface area contributed by atoms with Gasteiger partial charge in [0.15, 0.2) is 0 Å². The molecule has 1 aromatic heterocycles. The lowest BCUT2D eigenvalue weighted by atomic mass is 10.2. The average molecular weight is 283 g/mol. The number of hydrazone groups is 1. The summed E-state index contributed by atoms with van der Waals surface area (Å²) in [7, 11) is 1.97. The van der Waals surface area contributed by atoms with Gasteiger partial charge < -0.3 is 9.30 Å².